The molecule has 34 heavy (non-hydrogen) atoms. The number of aliphatic imine (C=N–C) groups is 1. The number of hydrogen-bond acceptors (Lipinski definition) is 5. The van der Waals surface area contributed by atoms with E-state index in [0.717, 1.165) is 55.8 Å². The number of hydrogen-bond donors (Lipinski definition) is 2. The van der Waals surface area contributed by atoms with E-state index in [0.29, 0.717) is 17.1 Å². The van der Waals surface area contributed by atoms with Gasteiger partial charge in [-0.3, -0.25) is 9.69 Å². The van der Waals surface area contributed by atoms with Crippen LogP contribution in [0.5, 0.6) is 0 Å². The number of anilines is 1. The Morgan fingerprint density at radius 1 is 1.15 bits per heavy atom. The van der Waals surface area contributed by atoms with E-state index in [1.54, 1.807) is 12.4 Å². The van der Waals surface area contributed by atoms with Crippen molar-refractivity contribution in [3.8, 4) is 0 Å². The van der Waals surface area contributed by atoms with E-state index in [1.165, 1.54) is 5.52 Å². The van der Waals surface area contributed by atoms with Crippen LogP contribution in [-0.4, -0.2) is 71.1 Å². The first-order valence-corrected chi connectivity index (χ1v) is 11.9. The summed E-state index contributed by atoms with van der Waals surface area (Å²) >= 11 is 0. The van der Waals surface area contributed by atoms with Gasteiger partial charge in [0.1, 0.15) is 0 Å². The summed E-state index contributed by atoms with van der Waals surface area (Å²) in [6, 6.07) is 8.40. The third kappa shape index (κ3) is 5.00. The number of piperazine rings is 1. The Morgan fingerprint density at radius 2 is 1.85 bits per heavy atom. The van der Waals surface area contributed by atoms with E-state index in [1.807, 2.05) is 20.8 Å². The number of nitrogens with two attached hydrogens (primary N) is 1. The smallest absolute Gasteiger partial charge is 0.171 e. The number of aromatic amines is 1. The van der Waals surface area contributed by atoms with E-state index < -0.39 is 5.41 Å². The Kier molecular flexibility index (Phi) is 6.77. The predicted molar refractivity (Wildman–Crippen MR) is 142 cm³/mol. The second kappa shape index (κ2) is 9.60. The highest BCUT2D eigenvalue weighted by Gasteiger charge is 2.26. The topological polar surface area (TPSA) is 82.6 Å². The fourth-order valence-electron chi connectivity index (χ4n) is 4.34. The molecule has 1 fully saturated rings. The maximum atomic E-state index is 12.6. The number of likely N-dealkylation sites (N-methyl/N-ethyl adjacent to an activating group) is 1. The summed E-state index contributed by atoms with van der Waals surface area (Å²) in [7, 11) is 2.18. The van der Waals surface area contributed by atoms with Crippen LogP contribution >= 0.6 is 0 Å². The summed E-state index contributed by atoms with van der Waals surface area (Å²) in [6.07, 6.45) is 5.53. The molecule has 0 amide bonds. The van der Waals surface area contributed by atoms with Crippen LogP contribution in [0, 0.1) is 5.41 Å². The van der Waals surface area contributed by atoms with Gasteiger partial charge in [0, 0.05) is 79.8 Å². The van der Waals surface area contributed by atoms with Crippen molar-refractivity contribution < 1.29 is 4.79 Å². The number of allylic oxidation sites excluding steroid dienone is 1. The van der Waals surface area contributed by atoms with Gasteiger partial charge < -0.3 is 20.2 Å². The number of fused-ring (bicyclic) bond motifs is 1. The lowest BCUT2D eigenvalue weighted by Gasteiger charge is -2.32. The Bertz CT molecular complexity index is 1220. The number of benzene rings is 1. The number of ketones is 1. The van der Waals surface area contributed by atoms with E-state index >= 15 is 0 Å². The highest BCUT2D eigenvalue weighted by Crippen LogP contribution is 2.31. The molecule has 1 aliphatic rings. The molecule has 180 valence electrons. The van der Waals surface area contributed by atoms with Crippen molar-refractivity contribution in [3.05, 3.63) is 54.4 Å². The SMILES string of the molecule is C=C(/C=N\c1[nH]cc(C(=O)C(C)(C)C)c1N)c1cn(CCN2CCN(C)CC2)c2ccccc12. The van der Waals surface area contributed by atoms with Gasteiger partial charge >= 0.3 is 0 Å². The fraction of sp³-hybridized carbons (Fsp3) is 0.407. The third-order valence-corrected chi connectivity index (χ3v) is 6.56. The lowest BCUT2D eigenvalue weighted by atomic mass is 9.87. The summed E-state index contributed by atoms with van der Waals surface area (Å²) in [6.45, 7) is 16.3. The van der Waals surface area contributed by atoms with Crippen molar-refractivity contribution in [3.63, 3.8) is 0 Å². The first kappa shape index (κ1) is 24.0. The molecule has 3 aromatic rings. The van der Waals surface area contributed by atoms with Crippen molar-refractivity contribution in [1.29, 1.82) is 0 Å². The highest BCUT2D eigenvalue weighted by molar-refractivity contribution is 6.15. The molecule has 2 aromatic heterocycles. The zero-order valence-corrected chi connectivity index (χ0v) is 20.8. The van der Waals surface area contributed by atoms with E-state index in [4.69, 9.17) is 5.73 Å². The molecule has 0 spiro atoms. The lowest BCUT2D eigenvalue weighted by molar-refractivity contribution is 0.0859. The zero-order valence-electron chi connectivity index (χ0n) is 20.8. The number of rotatable bonds is 7. The van der Waals surface area contributed by atoms with Crippen LogP contribution in [0.1, 0.15) is 36.7 Å². The number of H-pyrrole nitrogens is 1. The summed E-state index contributed by atoms with van der Waals surface area (Å²) in [4.78, 5) is 25.1. The van der Waals surface area contributed by atoms with Crippen molar-refractivity contribution in [2.45, 2.75) is 27.3 Å². The van der Waals surface area contributed by atoms with Crippen LogP contribution in [0.4, 0.5) is 11.5 Å². The van der Waals surface area contributed by atoms with Gasteiger partial charge in [0.15, 0.2) is 11.6 Å². The molecule has 0 radical (unpaired) electrons. The molecular formula is C27H36N6O. The normalized spacial score (nSPS) is 16.0. The van der Waals surface area contributed by atoms with E-state index in [-0.39, 0.29) is 5.78 Å². The predicted octanol–water partition coefficient (Wildman–Crippen LogP) is 4.44. The zero-order chi connectivity index (χ0) is 24.5. The van der Waals surface area contributed by atoms with Crippen molar-refractivity contribution >= 4 is 40.0 Å². The van der Waals surface area contributed by atoms with Gasteiger partial charge in [0.05, 0.1) is 11.3 Å². The number of nitrogens with one attached hydrogen (secondary N) is 1. The quantitative estimate of drug-likeness (QED) is 0.403. The number of para-hydroxylation sites is 1. The van der Waals surface area contributed by atoms with E-state index in [2.05, 4.69) is 68.4 Å². The molecule has 0 saturated carbocycles. The molecule has 7 nitrogen and oxygen atoms in total. The molecule has 3 heterocycles. The van der Waals surface area contributed by atoms with Crippen molar-refractivity contribution in [2.75, 3.05) is 45.5 Å². The molecule has 4 rings (SSSR count). The Morgan fingerprint density at radius 3 is 2.56 bits per heavy atom. The Hall–Kier alpha value is -3.16. The summed E-state index contributed by atoms with van der Waals surface area (Å²) in [5.41, 5.74) is 9.62. The molecule has 7 heteroatoms. The van der Waals surface area contributed by atoms with Gasteiger partial charge in [-0.1, -0.05) is 45.5 Å². The molecule has 0 aliphatic carbocycles. The van der Waals surface area contributed by atoms with Crippen LogP contribution in [-0.2, 0) is 6.54 Å². The monoisotopic (exact) mass is 460 g/mol. The number of carbonyl (C=O) groups is 1. The summed E-state index contributed by atoms with van der Waals surface area (Å²) in [5.74, 6) is 0.470. The lowest BCUT2D eigenvalue weighted by Crippen LogP contribution is -2.45. The third-order valence-electron chi connectivity index (χ3n) is 6.56. The number of aromatic nitrogens is 2. The molecular weight excluding hydrogens is 424 g/mol. The average Bonchev–Trinajstić information content (AvgIpc) is 3.36. The molecule has 1 aliphatic heterocycles. The van der Waals surface area contributed by atoms with Crippen LogP contribution in [0.25, 0.3) is 16.5 Å². The Balaban J connectivity index is 1.53. The molecule has 0 bridgehead atoms. The van der Waals surface area contributed by atoms with Gasteiger partial charge in [0.25, 0.3) is 0 Å². The molecule has 0 atom stereocenters. The first-order chi connectivity index (χ1) is 16.1. The van der Waals surface area contributed by atoms with Crippen LogP contribution in [0.3, 0.4) is 0 Å². The van der Waals surface area contributed by atoms with Gasteiger partial charge in [-0.15, -0.1) is 0 Å². The number of nitrogen functional groups attached to an aromatic ring is 1. The molecule has 1 saturated heterocycles. The van der Waals surface area contributed by atoms with Gasteiger partial charge in [0.2, 0.25) is 0 Å². The maximum Gasteiger partial charge on any atom is 0.171 e. The second-order valence-corrected chi connectivity index (χ2v) is 10.2. The molecule has 3 N–H and O–H groups in total. The van der Waals surface area contributed by atoms with E-state index in [9.17, 15) is 4.79 Å². The minimum Gasteiger partial charge on any atom is -0.395 e. The van der Waals surface area contributed by atoms with Crippen LogP contribution in [0.2, 0.25) is 0 Å². The average molecular weight is 461 g/mol. The van der Waals surface area contributed by atoms with Gasteiger partial charge in [-0.2, -0.15) is 0 Å². The van der Waals surface area contributed by atoms with Crippen LogP contribution < -0.4 is 5.73 Å². The molecule has 1 aromatic carbocycles. The summed E-state index contributed by atoms with van der Waals surface area (Å²) in [5, 5.41) is 1.15. The Labute approximate surface area is 201 Å². The number of carbonyl (C=O) groups excluding carboxylic acids is 1. The number of nitrogens with zero attached hydrogens (tertiary/aromatic N) is 4. The number of Topliss-reactive ketones (excluding diaryl/α,β-unsaturated/α-hetero) is 1. The maximum absolute atomic E-state index is 12.6. The van der Waals surface area contributed by atoms with Crippen LogP contribution in [0.15, 0.2) is 48.2 Å². The first-order valence-electron chi connectivity index (χ1n) is 11.9. The van der Waals surface area contributed by atoms with Crippen molar-refractivity contribution in [1.82, 2.24) is 19.4 Å². The minimum atomic E-state index is -0.507. The van der Waals surface area contributed by atoms with Gasteiger partial charge in [-0.25, -0.2) is 4.99 Å². The fourth-order valence-corrected chi connectivity index (χ4v) is 4.34. The highest BCUT2D eigenvalue weighted by atomic mass is 16.1. The largest absolute Gasteiger partial charge is 0.395 e. The van der Waals surface area contributed by atoms with Gasteiger partial charge in [-0.05, 0) is 18.7 Å². The summed E-state index contributed by atoms with van der Waals surface area (Å²) < 4.78 is 2.31. The molecule has 0 unspecified atom stereocenters. The second-order valence-electron chi connectivity index (χ2n) is 10.2. The van der Waals surface area contributed by atoms with Crippen molar-refractivity contribution in [2.24, 2.45) is 10.4 Å². The standard InChI is InChI=1S/C27H36N6O/c1-19(16-29-26-24(28)21(17-30-26)25(34)27(2,3)4)22-18-33(23-9-7-6-8-20(22)23)15-14-32-12-10-31(5)11-13-32/h6-9,16-18,30H,1,10-15,28H2,2-5H3/b29-16-. The minimum absolute atomic E-state index is 0.00931.